The third-order valence-corrected chi connectivity index (χ3v) is 3.85. The van der Waals surface area contributed by atoms with E-state index in [9.17, 15) is 14.7 Å². The summed E-state index contributed by atoms with van der Waals surface area (Å²) in [4.78, 5) is 23.2. The lowest BCUT2D eigenvalue weighted by molar-refractivity contribution is 0.0697. The van der Waals surface area contributed by atoms with E-state index in [-0.39, 0.29) is 22.5 Å². The fraction of sp³-hybridized carbons (Fsp3) is 0.467. The maximum absolute atomic E-state index is 12.1. The number of urea groups is 1. The van der Waals surface area contributed by atoms with Crippen molar-refractivity contribution >= 4 is 17.7 Å². The lowest BCUT2D eigenvalue weighted by Crippen LogP contribution is -2.49. The van der Waals surface area contributed by atoms with Crippen molar-refractivity contribution in [3.63, 3.8) is 0 Å². The lowest BCUT2D eigenvalue weighted by Gasteiger charge is -2.34. The Kier molecular flexibility index (Phi) is 4.35. The van der Waals surface area contributed by atoms with Gasteiger partial charge in [-0.3, -0.25) is 0 Å². The fourth-order valence-electron chi connectivity index (χ4n) is 2.70. The summed E-state index contributed by atoms with van der Waals surface area (Å²) in [6, 6.07) is 3.40. The molecular formula is C15H20N2O4. The SMILES string of the molecule is CC1(NC(=O)Nc2ccc(O)cc2C(=O)O)CCCCC1. The Hall–Kier alpha value is -2.24. The van der Waals surface area contributed by atoms with Crippen molar-refractivity contribution < 1.29 is 19.8 Å². The van der Waals surface area contributed by atoms with Crippen LogP contribution in [-0.4, -0.2) is 27.8 Å². The highest BCUT2D eigenvalue weighted by atomic mass is 16.4. The van der Waals surface area contributed by atoms with E-state index in [4.69, 9.17) is 5.11 Å². The highest BCUT2D eigenvalue weighted by Crippen LogP contribution is 2.28. The second-order valence-electron chi connectivity index (χ2n) is 5.74. The van der Waals surface area contributed by atoms with Crippen LogP contribution in [0.2, 0.25) is 0 Å². The molecule has 4 N–H and O–H groups in total. The minimum atomic E-state index is -1.20. The predicted octanol–water partition coefficient (Wildman–Crippen LogP) is 2.93. The van der Waals surface area contributed by atoms with Crippen molar-refractivity contribution in [3.8, 4) is 5.75 Å². The van der Waals surface area contributed by atoms with Crippen LogP contribution in [0.15, 0.2) is 18.2 Å². The molecule has 1 fully saturated rings. The number of benzene rings is 1. The molecule has 0 bridgehead atoms. The molecule has 1 aromatic rings. The van der Waals surface area contributed by atoms with Crippen LogP contribution in [0.5, 0.6) is 5.75 Å². The smallest absolute Gasteiger partial charge is 0.337 e. The molecule has 1 aliphatic rings. The largest absolute Gasteiger partial charge is 0.508 e. The molecule has 1 aliphatic carbocycles. The molecule has 0 aromatic heterocycles. The van der Waals surface area contributed by atoms with Crippen molar-refractivity contribution in [2.75, 3.05) is 5.32 Å². The Bertz CT molecular complexity index is 551. The first-order valence-corrected chi connectivity index (χ1v) is 7.05. The molecule has 0 unspecified atom stereocenters. The summed E-state index contributed by atoms with van der Waals surface area (Å²) in [5.74, 6) is -1.36. The van der Waals surface area contributed by atoms with E-state index >= 15 is 0 Å². The Morgan fingerprint density at radius 1 is 1.19 bits per heavy atom. The second-order valence-corrected chi connectivity index (χ2v) is 5.74. The van der Waals surface area contributed by atoms with Crippen LogP contribution in [0.25, 0.3) is 0 Å². The summed E-state index contributed by atoms with van der Waals surface area (Å²) < 4.78 is 0. The van der Waals surface area contributed by atoms with Crippen LogP contribution in [0.3, 0.4) is 0 Å². The highest BCUT2D eigenvalue weighted by Gasteiger charge is 2.28. The van der Waals surface area contributed by atoms with Gasteiger partial charge in [-0.2, -0.15) is 0 Å². The van der Waals surface area contributed by atoms with E-state index < -0.39 is 12.0 Å². The molecule has 6 heteroatoms. The molecule has 114 valence electrons. The van der Waals surface area contributed by atoms with Gasteiger partial charge in [0.25, 0.3) is 0 Å². The Balaban J connectivity index is 2.07. The first kappa shape index (κ1) is 15.2. The minimum Gasteiger partial charge on any atom is -0.508 e. The Morgan fingerprint density at radius 3 is 2.48 bits per heavy atom. The fourth-order valence-corrected chi connectivity index (χ4v) is 2.70. The average molecular weight is 292 g/mol. The number of anilines is 1. The number of carboxylic acid groups (broad SMARTS) is 1. The molecule has 2 rings (SSSR count). The first-order valence-electron chi connectivity index (χ1n) is 7.05. The molecule has 1 saturated carbocycles. The van der Waals surface area contributed by atoms with Crippen LogP contribution in [0, 0.1) is 0 Å². The van der Waals surface area contributed by atoms with Gasteiger partial charge < -0.3 is 20.8 Å². The standard InChI is InChI=1S/C15H20N2O4/c1-15(7-3-2-4-8-15)17-14(21)16-12-6-5-10(18)9-11(12)13(19)20/h5-6,9,18H,2-4,7-8H2,1H3,(H,19,20)(H2,16,17,21). The van der Waals surface area contributed by atoms with Crippen LogP contribution in [-0.2, 0) is 0 Å². The number of aromatic carboxylic acids is 1. The molecule has 21 heavy (non-hydrogen) atoms. The number of carbonyl (C=O) groups is 2. The van der Waals surface area contributed by atoms with Crippen molar-refractivity contribution in [1.29, 1.82) is 0 Å². The molecular weight excluding hydrogens is 272 g/mol. The molecule has 0 radical (unpaired) electrons. The summed E-state index contributed by atoms with van der Waals surface area (Å²) >= 11 is 0. The monoisotopic (exact) mass is 292 g/mol. The summed E-state index contributed by atoms with van der Waals surface area (Å²) in [6.45, 7) is 2.00. The van der Waals surface area contributed by atoms with E-state index in [1.54, 1.807) is 0 Å². The van der Waals surface area contributed by atoms with Gasteiger partial charge in [0, 0.05) is 5.54 Å². The number of amides is 2. The Morgan fingerprint density at radius 2 is 1.86 bits per heavy atom. The normalized spacial score (nSPS) is 17.0. The number of hydrogen-bond donors (Lipinski definition) is 4. The van der Waals surface area contributed by atoms with Gasteiger partial charge in [0.15, 0.2) is 0 Å². The number of aromatic hydroxyl groups is 1. The predicted molar refractivity (Wildman–Crippen MR) is 78.7 cm³/mol. The van der Waals surface area contributed by atoms with Crippen LogP contribution < -0.4 is 10.6 Å². The van der Waals surface area contributed by atoms with E-state index in [0.717, 1.165) is 31.7 Å². The maximum Gasteiger partial charge on any atom is 0.337 e. The molecule has 0 spiro atoms. The molecule has 6 nitrogen and oxygen atoms in total. The number of rotatable bonds is 3. The lowest BCUT2D eigenvalue weighted by atomic mass is 9.83. The van der Waals surface area contributed by atoms with E-state index in [1.807, 2.05) is 6.92 Å². The molecule has 1 aromatic carbocycles. The van der Waals surface area contributed by atoms with Gasteiger partial charge in [0.05, 0.1) is 11.3 Å². The zero-order valence-electron chi connectivity index (χ0n) is 12.0. The second kappa shape index (κ2) is 6.03. The van der Waals surface area contributed by atoms with Crippen molar-refractivity contribution in [2.45, 2.75) is 44.6 Å². The zero-order chi connectivity index (χ0) is 15.5. The third kappa shape index (κ3) is 3.87. The van der Waals surface area contributed by atoms with E-state index in [0.29, 0.717) is 0 Å². The van der Waals surface area contributed by atoms with Gasteiger partial charge in [-0.1, -0.05) is 19.3 Å². The summed E-state index contributed by atoms with van der Waals surface area (Å²) in [6.07, 6.45) is 5.18. The van der Waals surface area contributed by atoms with Gasteiger partial charge in [-0.05, 0) is 38.0 Å². The van der Waals surface area contributed by atoms with Gasteiger partial charge in [-0.25, -0.2) is 9.59 Å². The number of phenols is 1. The van der Waals surface area contributed by atoms with Crippen molar-refractivity contribution in [2.24, 2.45) is 0 Å². The number of phenolic OH excluding ortho intramolecular Hbond substituents is 1. The van der Waals surface area contributed by atoms with Crippen LogP contribution >= 0.6 is 0 Å². The van der Waals surface area contributed by atoms with E-state index in [2.05, 4.69) is 10.6 Å². The molecule has 0 heterocycles. The minimum absolute atomic E-state index is 0.140. The van der Waals surface area contributed by atoms with Gasteiger partial charge in [0.2, 0.25) is 0 Å². The summed E-state index contributed by atoms with van der Waals surface area (Å²) in [5.41, 5.74) is -0.223. The van der Waals surface area contributed by atoms with Gasteiger partial charge >= 0.3 is 12.0 Å². The topological polar surface area (TPSA) is 98.7 Å². The van der Waals surface area contributed by atoms with Crippen molar-refractivity contribution in [1.82, 2.24) is 5.32 Å². The Labute approximate surface area is 123 Å². The number of hydrogen-bond acceptors (Lipinski definition) is 3. The van der Waals surface area contributed by atoms with Crippen LogP contribution in [0.4, 0.5) is 10.5 Å². The zero-order valence-corrected chi connectivity index (χ0v) is 12.0. The quantitative estimate of drug-likeness (QED) is 0.644. The molecule has 0 aliphatic heterocycles. The maximum atomic E-state index is 12.1. The molecule has 0 saturated heterocycles. The number of carbonyl (C=O) groups excluding carboxylic acids is 1. The number of nitrogens with one attached hydrogen (secondary N) is 2. The summed E-state index contributed by atoms with van der Waals surface area (Å²) in [5, 5.41) is 23.9. The molecule has 2 amide bonds. The highest BCUT2D eigenvalue weighted by molar-refractivity contribution is 6.00. The first-order chi connectivity index (χ1) is 9.89. The van der Waals surface area contributed by atoms with Gasteiger partial charge in [-0.15, -0.1) is 0 Å². The molecule has 0 atom stereocenters. The summed E-state index contributed by atoms with van der Waals surface area (Å²) in [7, 11) is 0. The van der Waals surface area contributed by atoms with Crippen molar-refractivity contribution in [3.05, 3.63) is 23.8 Å². The van der Waals surface area contributed by atoms with E-state index in [1.165, 1.54) is 18.6 Å². The van der Waals surface area contributed by atoms with Crippen LogP contribution in [0.1, 0.15) is 49.4 Å². The third-order valence-electron chi connectivity index (χ3n) is 3.85. The average Bonchev–Trinajstić information content (AvgIpc) is 2.40. The van der Waals surface area contributed by atoms with Gasteiger partial charge in [0.1, 0.15) is 5.75 Å². The number of carboxylic acids is 1.